The Morgan fingerprint density at radius 3 is 2.07 bits per heavy atom. The average Bonchev–Trinajstić information content (AvgIpc) is 2.62. The fourth-order valence-corrected chi connectivity index (χ4v) is 3.39. The van der Waals surface area contributed by atoms with E-state index in [1.165, 1.54) is 42.5 Å². The van der Waals surface area contributed by atoms with Gasteiger partial charge in [-0.15, -0.1) is 0 Å². The van der Waals surface area contributed by atoms with Crippen molar-refractivity contribution in [3.05, 3.63) is 54.1 Å². The van der Waals surface area contributed by atoms with Gasteiger partial charge in [0.1, 0.15) is 0 Å². The van der Waals surface area contributed by atoms with Gasteiger partial charge in [-0.3, -0.25) is 4.79 Å². The number of alkyl halides is 3. The lowest BCUT2D eigenvalue weighted by Crippen LogP contribution is -2.30. The number of sulfone groups is 1. The van der Waals surface area contributed by atoms with Crippen molar-refractivity contribution in [3.8, 4) is 0 Å². The molecule has 2 rings (SSSR count). The summed E-state index contributed by atoms with van der Waals surface area (Å²) in [6, 6.07) is 10.9. The molecule has 1 amide bonds. The Labute approximate surface area is 155 Å². The first kappa shape index (κ1) is 20.8. The van der Waals surface area contributed by atoms with Gasteiger partial charge in [0.05, 0.1) is 10.6 Å². The third-order valence-electron chi connectivity index (χ3n) is 3.94. The molecule has 0 saturated heterocycles. The smallest absolute Gasteiger partial charge is 0.354 e. The van der Waals surface area contributed by atoms with Crippen molar-refractivity contribution >= 4 is 27.1 Å². The zero-order valence-corrected chi connectivity index (χ0v) is 15.6. The summed E-state index contributed by atoms with van der Waals surface area (Å²) in [7, 11) is -5.49. The van der Waals surface area contributed by atoms with Crippen LogP contribution in [-0.2, 0) is 9.84 Å². The van der Waals surface area contributed by atoms with E-state index in [0.29, 0.717) is 24.3 Å². The van der Waals surface area contributed by atoms with Crippen molar-refractivity contribution in [1.82, 2.24) is 4.90 Å². The summed E-state index contributed by atoms with van der Waals surface area (Å²) in [6.45, 7) is 4.82. The second-order valence-electron chi connectivity index (χ2n) is 5.63. The van der Waals surface area contributed by atoms with E-state index >= 15 is 0 Å². The largest absolute Gasteiger partial charge is 0.501 e. The molecule has 0 bridgehead atoms. The van der Waals surface area contributed by atoms with Crippen LogP contribution in [0.25, 0.3) is 0 Å². The minimum atomic E-state index is -5.49. The Kier molecular flexibility index (Phi) is 6.15. The molecule has 0 aliphatic rings. The normalized spacial score (nSPS) is 11.9. The van der Waals surface area contributed by atoms with E-state index in [9.17, 15) is 26.4 Å². The van der Waals surface area contributed by atoms with E-state index < -0.39 is 20.2 Å². The van der Waals surface area contributed by atoms with Crippen molar-refractivity contribution in [3.63, 3.8) is 0 Å². The lowest BCUT2D eigenvalue weighted by atomic mass is 10.1. The summed E-state index contributed by atoms with van der Waals surface area (Å²) < 4.78 is 62.1. The highest BCUT2D eigenvalue weighted by molar-refractivity contribution is 7.92. The molecule has 9 heteroatoms. The number of nitrogens with one attached hydrogen (secondary N) is 1. The molecule has 0 spiro atoms. The van der Waals surface area contributed by atoms with E-state index in [1.54, 1.807) is 4.90 Å². The number of hydrogen-bond acceptors (Lipinski definition) is 4. The lowest BCUT2D eigenvalue weighted by molar-refractivity contribution is -0.0435. The molecule has 0 fully saturated rings. The van der Waals surface area contributed by atoms with Crippen LogP contribution < -0.4 is 5.32 Å². The number of amides is 1. The third kappa shape index (κ3) is 4.41. The number of para-hydroxylation sites is 1. The van der Waals surface area contributed by atoms with Crippen LogP contribution in [0.5, 0.6) is 0 Å². The second kappa shape index (κ2) is 7.99. The molecule has 0 aliphatic carbocycles. The van der Waals surface area contributed by atoms with Crippen LogP contribution in [0.4, 0.5) is 24.5 Å². The van der Waals surface area contributed by atoms with E-state index in [0.717, 1.165) is 6.07 Å². The lowest BCUT2D eigenvalue weighted by Gasteiger charge is -2.19. The van der Waals surface area contributed by atoms with Crippen LogP contribution in [0, 0.1) is 0 Å². The maximum Gasteiger partial charge on any atom is 0.501 e. The van der Waals surface area contributed by atoms with Gasteiger partial charge < -0.3 is 10.2 Å². The zero-order valence-electron chi connectivity index (χ0n) is 14.7. The van der Waals surface area contributed by atoms with Crippen LogP contribution in [0.15, 0.2) is 53.4 Å². The first-order valence-corrected chi connectivity index (χ1v) is 9.66. The molecule has 0 aromatic heterocycles. The molecular formula is C18H19F3N2O3S. The predicted molar refractivity (Wildman–Crippen MR) is 96.7 cm³/mol. The molecule has 5 nitrogen and oxygen atoms in total. The first-order chi connectivity index (χ1) is 12.6. The summed E-state index contributed by atoms with van der Waals surface area (Å²) in [4.78, 5) is 13.0. The number of anilines is 2. The molecule has 146 valence electrons. The van der Waals surface area contributed by atoms with Gasteiger partial charge in [0.15, 0.2) is 0 Å². The SMILES string of the molecule is CCN(CC)C(=O)c1ccc(Nc2ccccc2S(=O)(=O)C(F)(F)F)cc1. The van der Waals surface area contributed by atoms with Gasteiger partial charge in [-0.25, -0.2) is 8.42 Å². The minimum absolute atomic E-state index is 0.161. The zero-order chi connectivity index (χ0) is 20.2. The summed E-state index contributed by atoms with van der Waals surface area (Å²) in [5, 5.41) is 2.67. The van der Waals surface area contributed by atoms with Crippen LogP contribution in [0.2, 0.25) is 0 Å². The Hall–Kier alpha value is -2.55. The van der Waals surface area contributed by atoms with Gasteiger partial charge in [-0.2, -0.15) is 13.2 Å². The molecule has 0 aliphatic heterocycles. The van der Waals surface area contributed by atoms with Gasteiger partial charge in [-0.1, -0.05) is 12.1 Å². The summed E-state index contributed by atoms with van der Waals surface area (Å²) in [6.07, 6.45) is 0. The standard InChI is InChI=1S/C18H19F3N2O3S/c1-3-23(4-2)17(24)13-9-11-14(12-10-13)22-15-7-5-6-8-16(15)27(25,26)18(19,20)21/h5-12,22H,3-4H2,1-2H3. The number of carbonyl (C=O) groups is 1. The minimum Gasteiger partial charge on any atom is -0.354 e. The van der Waals surface area contributed by atoms with Crippen molar-refractivity contribution in [2.45, 2.75) is 24.3 Å². The molecule has 0 saturated carbocycles. The molecule has 1 N–H and O–H groups in total. The van der Waals surface area contributed by atoms with Crippen LogP contribution >= 0.6 is 0 Å². The van der Waals surface area contributed by atoms with Gasteiger partial charge in [0.2, 0.25) is 0 Å². The molecule has 0 unspecified atom stereocenters. The Bertz CT molecular complexity index is 906. The van der Waals surface area contributed by atoms with Crippen molar-refractivity contribution in [1.29, 1.82) is 0 Å². The van der Waals surface area contributed by atoms with Crippen molar-refractivity contribution < 1.29 is 26.4 Å². The van der Waals surface area contributed by atoms with Crippen molar-refractivity contribution in [2.24, 2.45) is 0 Å². The number of halogens is 3. The Morgan fingerprint density at radius 1 is 1.00 bits per heavy atom. The molecule has 0 radical (unpaired) electrons. The van der Waals surface area contributed by atoms with Gasteiger partial charge in [0, 0.05) is 24.3 Å². The van der Waals surface area contributed by atoms with E-state index in [2.05, 4.69) is 5.32 Å². The summed E-state index contributed by atoms with van der Waals surface area (Å²) in [5.41, 5.74) is -4.81. The number of benzene rings is 2. The third-order valence-corrected chi connectivity index (χ3v) is 5.49. The highest BCUT2D eigenvalue weighted by atomic mass is 32.2. The predicted octanol–water partition coefficient (Wildman–Crippen LogP) is 4.21. The molecule has 2 aromatic rings. The monoisotopic (exact) mass is 400 g/mol. The quantitative estimate of drug-likeness (QED) is 0.789. The Balaban J connectivity index is 2.31. The topological polar surface area (TPSA) is 66.5 Å². The highest BCUT2D eigenvalue weighted by Crippen LogP contribution is 2.35. The first-order valence-electron chi connectivity index (χ1n) is 8.18. The van der Waals surface area contributed by atoms with E-state index in [1.807, 2.05) is 13.8 Å². The molecule has 27 heavy (non-hydrogen) atoms. The number of hydrogen-bond donors (Lipinski definition) is 1. The van der Waals surface area contributed by atoms with Crippen LogP contribution in [0.3, 0.4) is 0 Å². The number of carbonyl (C=O) groups excluding carboxylic acids is 1. The van der Waals surface area contributed by atoms with Gasteiger partial charge in [0.25, 0.3) is 15.7 Å². The molecule has 0 heterocycles. The van der Waals surface area contributed by atoms with E-state index in [-0.39, 0.29) is 11.6 Å². The van der Waals surface area contributed by atoms with Gasteiger partial charge >= 0.3 is 5.51 Å². The summed E-state index contributed by atoms with van der Waals surface area (Å²) >= 11 is 0. The van der Waals surface area contributed by atoms with Crippen LogP contribution in [-0.4, -0.2) is 37.8 Å². The fraction of sp³-hybridized carbons (Fsp3) is 0.278. The van der Waals surface area contributed by atoms with E-state index in [4.69, 9.17) is 0 Å². The maximum atomic E-state index is 12.9. The van der Waals surface area contributed by atoms with Gasteiger partial charge in [-0.05, 0) is 50.2 Å². The molecule has 2 aromatic carbocycles. The molecule has 0 atom stereocenters. The Morgan fingerprint density at radius 2 is 1.56 bits per heavy atom. The number of rotatable bonds is 6. The van der Waals surface area contributed by atoms with Crippen LogP contribution in [0.1, 0.15) is 24.2 Å². The average molecular weight is 400 g/mol. The number of nitrogens with zero attached hydrogens (tertiary/aromatic N) is 1. The summed E-state index contributed by atoms with van der Waals surface area (Å²) in [5.74, 6) is -0.161. The molecular weight excluding hydrogens is 381 g/mol. The fourth-order valence-electron chi connectivity index (χ4n) is 2.47. The van der Waals surface area contributed by atoms with Crippen molar-refractivity contribution in [2.75, 3.05) is 18.4 Å². The highest BCUT2D eigenvalue weighted by Gasteiger charge is 2.47. The maximum absolute atomic E-state index is 12.9. The second-order valence-corrected chi connectivity index (χ2v) is 7.53.